The lowest BCUT2D eigenvalue weighted by atomic mass is 10.2. The van der Waals surface area contributed by atoms with Crippen LogP contribution in [0.2, 0.25) is 0 Å². The van der Waals surface area contributed by atoms with Crippen molar-refractivity contribution < 1.29 is 5.21 Å². The van der Waals surface area contributed by atoms with Crippen LogP contribution in [-0.2, 0) is 6.42 Å². The van der Waals surface area contributed by atoms with Gasteiger partial charge in [0.25, 0.3) is 0 Å². The van der Waals surface area contributed by atoms with E-state index in [9.17, 15) is 0 Å². The highest BCUT2D eigenvalue weighted by Crippen LogP contribution is 2.13. The number of nitrogens with two attached hydrogens (primary N) is 1. The molecule has 0 aliphatic heterocycles. The molecule has 0 amide bonds. The van der Waals surface area contributed by atoms with Gasteiger partial charge in [-0.25, -0.2) is 9.97 Å². The summed E-state index contributed by atoms with van der Waals surface area (Å²) in [5, 5.41) is 11.3. The van der Waals surface area contributed by atoms with Crippen LogP contribution in [0, 0.1) is 0 Å². The zero-order valence-corrected chi connectivity index (χ0v) is 8.18. The zero-order valence-electron chi connectivity index (χ0n) is 8.18. The van der Waals surface area contributed by atoms with E-state index in [-0.39, 0.29) is 5.84 Å². The third kappa shape index (κ3) is 2.32. The maximum Gasteiger partial charge on any atom is 0.143 e. The molecule has 0 unspecified atom stereocenters. The predicted molar refractivity (Wildman–Crippen MR) is 53.5 cm³/mol. The van der Waals surface area contributed by atoms with Crippen LogP contribution in [0.25, 0.3) is 0 Å². The van der Waals surface area contributed by atoms with Gasteiger partial charge in [0, 0.05) is 32.3 Å². The van der Waals surface area contributed by atoms with E-state index in [1.54, 1.807) is 6.20 Å². The molecule has 0 radical (unpaired) electrons. The van der Waals surface area contributed by atoms with E-state index in [1.165, 1.54) is 6.33 Å². The molecule has 1 aromatic heterocycles. The smallest absolute Gasteiger partial charge is 0.143 e. The lowest BCUT2D eigenvalue weighted by Gasteiger charge is -2.14. The highest BCUT2D eigenvalue weighted by molar-refractivity contribution is 5.83. The standard InChI is InChI=1S/C8H13N5O/c1-13(2)8-6(3-7(9)12-14)4-10-5-11-8/h4-5,14H,3H2,1-2H3,(H2,9,12). The first kappa shape index (κ1) is 10.2. The maximum atomic E-state index is 8.43. The summed E-state index contributed by atoms with van der Waals surface area (Å²) < 4.78 is 0. The Balaban J connectivity index is 2.96. The SMILES string of the molecule is CN(C)c1ncncc1C/C(N)=N/O. The van der Waals surface area contributed by atoms with Crippen molar-refractivity contribution in [2.75, 3.05) is 19.0 Å². The average molecular weight is 195 g/mol. The molecule has 6 nitrogen and oxygen atoms in total. The van der Waals surface area contributed by atoms with Gasteiger partial charge in [-0.2, -0.15) is 0 Å². The third-order valence-electron chi connectivity index (χ3n) is 1.69. The van der Waals surface area contributed by atoms with E-state index in [0.29, 0.717) is 6.42 Å². The molecule has 0 aliphatic rings. The fourth-order valence-electron chi connectivity index (χ4n) is 1.11. The van der Waals surface area contributed by atoms with Gasteiger partial charge < -0.3 is 15.8 Å². The largest absolute Gasteiger partial charge is 0.409 e. The van der Waals surface area contributed by atoms with Gasteiger partial charge in [0.05, 0.1) is 0 Å². The number of anilines is 1. The van der Waals surface area contributed by atoms with Crippen molar-refractivity contribution in [2.24, 2.45) is 10.9 Å². The fraction of sp³-hybridized carbons (Fsp3) is 0.375. The number of rotatable bonds is 3. The fourth-order valence-corrected chi connectivity index (χ4v) is 1.11. The summed E-state index contributed by atoms with van der Waals surface area (Å²) in [5.74, 6) is 0.912. The van der Waals surface area contributed by atoms with Crippen molar-refractivity contribution in [3.8, 4) is 0 Å². The van der Waals surface area contributed by atoms with E-state index in [0.717, 1.165) is 11.4 Å². The van der Waals surface area contributed by atoms with Gasteiger partial charge in [0.1, 0.15) is 18.0 Å². The van der Waals surface area contributed by atoms with Crippen molar-refractivity contribution >= 4 is 11.7 Å². The van der Waals surface area contributed by atoms with Crippen LogP contribution in [0.5, 0.6) is 0 Å². The van der Waals surface area contributed by atoms with Gasteiger partial charge in [-0.15, -0.1) is 0 Å². The van der Waals surface area contributed by atoms with Gasteiger partial charge in [0.15, 0.2) is 0 Å². The Labute approximate surface area is 82.1 Å². The quantitative estimate of drug-likeness (QED) is 0.302. The lowest BCUT2D eigenvalue weighted by molar-refractivity contribution is 0.317. The van der Waals surface area contributed by atoms with E-state index in [4.69, 9.17) is 10.9 Å². The topological polar surface area (TPSA) is 87.6 Å². The van der Waals surface area contributed by atoms with Gasteiger partial charge >= 0.3 is 0 Å². The molecule has 14 heavy (non-hydrogen) atoms. The summed E-state index contributed by atoms with van der Waals surface area (Å²) in [6.45, 7) is 0. The van der Waals surface area contributed by atoms with Crippen molar-refractivity contribution in [3.05, 3.63) is 18.1 Å². The molecule has 6 heteroatoms. The van der Waals surface area contributed by atoms with Crippen LogP contribution < -0.4 is 10.6 Å². The van der Waals surface area contributed by atoms with Crippen LogP contribution in [-0.4, -0.2) is 35.1 Å². The van der Waals surface area contributed by atoms with Crippen molar-refractivity contribution in [2.45, 2.75) is 6.42 Å². The van der Waals surface area contributed by atoms with Crippen LogP contribution in [0.3, 0.4) is 0 Å². The molecular weight excluding hydrogens is 182 g/mol. The Morgan fingerprint density at radius 3 is 2.93 bits per heavy atom. The van der Waals surface area contributed by atoms with E-state index in [2.05, 4.69) is 15.1 Å². The lowest BCUT2D eigenvalue weighted by Crippen LogP contribution is -2.19. The Bertz CT molecular complexity index is 336. The summed E-state index contributed by atoms with van der Waals surface area (Å²) >= 11 is 0. The Morgan fingerprint density at radius 1 is 1.64 bits per heavy atom. The highest BCUT2D eigenvalue weighted by atomic mass is 16.4. The molecule has 0 atom stereocenters. The number of oxime groups is 1. The van der Waals surface area contributed by atoms with E-state index < -0.39 is 0 Å². The Kier molecular flexibility index (Phi) is 3.22. The predicted octanol–water partition coefficient (Wildman–Crippen LogP) is -0.169. The maximum absolute atomic E-state index is 8.43. The summed E-state index contributed by atoms with van der Waals surface area (Å²) in [4.78, 5) is 9.82. The third-order valence-corrected chi connectivity index (χ3v) is 1.69. The van der Waals surface area contributed by atoms with Gasteiger partial charge in [-0.3, -0.25) is 0 Å². The first-order valence-electron chi connectivity index (χ1n) is 4.07. The first-order valence-corrected chi connectivity index (χ1v) is 4.07. The van der Waals surface area contributed by atoms with E-state index >= 15 is 0 Å². The molecule has 1 rings (SSSR count). The molecule has 0 aliphatic carbocycles. The molecule has 0 aromatic carbocycles. The van der Waals surface area contributed by atoms with Gasteiger partial charge in [-0.05, 0) is 0 Å². The minimum Gasteiger partial charge on any atom is -0.409 e. The minimum absolute atomic E-state index is 0.142. The van der Waals surface area contributed by atoms with E-state index in [1.807, 2.05) is 19.0 Å². The Hall–Kier alpha value is -1.85. The van der Waals surface area contributed by atoms with Crippen molar-refractivity contribution in [1.82, 2.24) is 9.97 Å². The average Bonchev–Trinajstić information content (AvgIpc) is 2.18. The van der Waals surface area contributed by atoms with Crippen molar-refractivity contribution in [1.29, 1.82) is 0 Å². The monoisotopic (exact) mass is 195 g/mol. The second kappa shape index (κ2) is 4.40. The van der Waals surface area contributed by atoms with Crippen LogP contribution in [0.4, 0.5) is 5.82 Å². The summed E-state index contributed by atoms with van der Waals surface area (Å²) in [7, 11) is 3.75. The molecule has 1 heterocycles. The molecule has 0 saturated carbocycles. The first-order chi connectivity index (χ1) is 6.65. The second-order valence-electron chi connectivity index (χ2n) is 3.03. The van der Waals surface area contributed by atoms with Crippen molar-refractivity contribution in [3.63, 3.8) is 0 Å². The summed E-state index contributed by atoms with van der Waals surface area (Å²) in [5.41, 5.74) is 6.23. The second-order valence-corrected chi connectivity index (χ2v) is 3.03. The molecule has 0 spiro atoms. The molecule has 0 fully saturated rings. The molecular formula is C8H13N5O. The molecule has 76 valence electrons. The Morgan fingerprint density at radius 2 is 2.36 bits per heavy atom. The highest BCUT2D eigenvalue weighted by Gasteiger charge is 2.07. The number of hydrogen-bond acceptors (Lipinski definition) is 5. The number of aromatic nitrogens is 2. The molecule has 3 N–H and O–H groups in total. The minimum atomic E-state index is 0.142. The number of hydrogen-bond donors (Lipinski definition) is 2. The molecule has 0 saturated heterocycles. The zero-order chi connectivity index (χ0) is 10.6. The van der Waals surface area contributed by atoms with Gasteiger partial charge in [-0.1, -0.05) is 5.16 Å². The molecule has 1 aromatic rings. The van der Waals surface area contributed by atoms with Crippen LogP contribution in [0.15, 0.2) is 17.7 Å². The number of nitrogens with zero attached hydrogens (tertiary/aromatic N) is 4. The van der Waals surface area contributed by atoms with Crippen LogP contribution in [0.1, 0.15) is 5.56 Å². The summed E-state index contributed by atoms with van der Waals surface area (Å²) in [6, 6.07) is 0. The number of amidine groups is 1. The van der Waals surface area contributed by atoms with Crippen LogP contribution >= 0.6 is 0 Å². The summed E-state index contributed by atoms with van der Waals surface area (Å²) in [6.07, 6.45) is 3.45. The van der Waals surface area contributed by atoms with Gasteiger partial charge in [0.2, 0.25) is 0 Å². The normalized spacial score (nSPS) is 11.4. The molecule has 0 bridgehead atoms.